The molecule has 1 aliphatic rings. The Hall–Kier alpha value is -3.24. The molecule has 3 aromatic rings. The van der Waals surface area contributed by atoms with E-state index in [9.17, 15) is 10.1 Å². The molecule has 4 rings (SSSR count). The van der Waals surface area contributed by atoms with Gasteiger partial charge in [0, 0.05) is 24.6 Å². The summed E-state index contributed by atoms with van der Waals surface area (Å²) >= 11 is 0. The van der Waals surface area contributed by atoms with Crippen LogP contribution in [0.3, 0.4) is 0 Å². The molecular formula is C23H27N5O2. The van der Waals surface area contributed by atoms with Crippen LogP contribution in [0.25, 0.3) is 0 Å². The van der Waals surface area contributed by atoms with Crippen LogP contribution >= 0.6 is 0 Å². The highest BCUT2D eigenvalue weighted by Gasteiger charge is 2.30. The molecule has 0 bridgehead atoms. The maximum Gasteiger partial charge on any atom is 0.239 e. The predicted molar refractivity (Wildman–Crippen MR) is 114 cm³/mol. The molecule has 0 radical (unpaired) electrons. The van der Waals surface area contributed by atoms with E-state index < -0.39 is 0 Å². The van der Waals surface area contributed by atoms with Gasteiger partial charge in [0.1, 0.15) is 17.6 Å². The number of amides is 1. The maximum absolute atomic E-state index is 13.0. The van der Waals surface area contributed by atoms with Crippen molar-refractivity contribution in [2.24, 2.45) is 7.05 Å². The third-order valence-electron chi connectivity index (χ3n) is 6.13. The molecule has 1 amide bonds. The number of nitriles is 1. The van der Waals surface area contributed by atoms with E-state index in [0.29, 0.717) is 24.5 Å². The average molecular weight is 406 g/mol. The first-order valence-electron chi connectivity index (χ1n) is 10.3. The molecule has 1 N–H and O–H groups in total. The van der Waals surface area contributed by atoms with Crippen molar-refractivity contribution in [3.63, 3.8) is 0 Å². The van der Waals surface area contributed by atoms with Gasteiger partial charge >= 0.3 is 0 Å². The van der Waals surface area contributed by atoms with E-state index in [-0.39, 0.29) is 11.9 Å². The van der Waals surface area contributed by atoms with Crippen LogP contribution in [0.1, 0.15) is 47.2 Å². The topological polar surface area (TPSA) is 79.1 Å². The minimum Gasteiger partial charge on any atom is -0.467 e. The molecule has 0 aromatic carbocycles. The quantitative estimate of drug-likeness (QED) is 0.678. The summed E-state index contributed by atoms with van der Waals surface area (Å²) in [7, 11) is 2.04. The van der Waals surface area contributed by atoms with Gasteiger partial charge in [0.15, 0.2) is 0 Å². The summed E-state index contributed by atoms with van der Waals surface area (Å²) in [5, 5.41) is 12.7. The van der Waals surface area contributed by atoms with Crippen molar-refractivity contribution in [1.82, 2.24) is 14.0 Å². The minimum absolute atomic E-state index is 0.106. The van der Waals surface area contributed by atoms with E-state index >= 15 is 0 Å². The van der Waals surface area contributed by atoms with Gasteiger partial charge in [-0.3, -0.25) is 9.69 Å². The summed E-state index contributed by atoms with van der Waals surface area (Å²) in [6, 6.07) is 10.4. The van der Waals surface area contributed by atoms with Crippen molar-refractivity contribution in [3.05, 3.63) is 65.0 Å². The van der Waals surface area contributed by atoms with Gasteiger partial charge in [-0.25, -0.2) is 0 Å². The molecule has 7 heteroatoms. The van der Waals surface area contributed by atoms with E-state index in [0.717, 1.165) is 36.4 Å². The summed E-state index contributed by atoms with van der Waals surface area (Å²) < 4.78 is 9.55. The zero-order valence-electron chi connectivity index (χ0n) is 17.7. The van der Waals surface area contributed by atoms with Gasteiger partial charge in [-0.1, -0.05) is 0 Å². The zero-order chi connectivity index (χ0) is 21.3. The van der Waals surface area contributed by atoms with E-state index in [2.05, 4.69) is 26.9 Å². The molecule has 1 fully saturated rings. The molecule has 30 heavy (non-hydrogen) atoms. The highest BCUT2D eigenvalue weighted by atomic mass is 16.3. The Balaban J connectivity index is 1.55. The number of hydrogen-bond donors (Lipinski definition) is 1. The van der Waals surface area contributed by atoms with Crippen molar-refractivity contribution in [1.29, 1.82) is 5.26 Å². The summed E-state index contributed by atoms with van der Waals surface area (Å²) in [5.41, 5.74) is 3.56. The van der Waals surface area contributed by atoms with Crippen LogP contribution in [-0.2, 0) is 18.4 Å². The number of nitrogens with zero attached hydrogens (tertiary/aromatic N) is 4. The van der Waals surface area contributed by atoms with E-state index in [4.69, 9.17) is 4.42 Å². The van der Waals surface area contributed by atoms with Crippen molar-refractivity contribution in [2.45, 2.75) is 39.3 Å². The van der Waals surface area contributed by atoms with Gasteiger partial charge < -0.3 is 18.9 Å². The SMILES string of the molecule is Cc1c(C#N)c(NC(=O)CN2CCCC2c2cccn2C)n(Cc2ccco2)c1C. The van der Waals surface area contributed by atoms with Crippen molar-refractivity contribution in [2.75, 3.05) is 18.4 Å². The van der Waals surface area contributed by atoms with Gasteiger partial charge in [0.05, 0.1) is 31.0 Å². The number of furan rings is 1. The molecular weight excluding hydrogens is 378 g/mol. The maximum atomic E-state index is 13.0. The Morgan fingerprint density at radius 3 is 2.83 bits per heavy atom. The fourth-order valence-electron chi connectivity index (χ4n) is 4.41. The van der Waals surface area contributed by atoms with Crippen molar-refractivity contribution < 1.29 is 9.21 Å². The summed E-state index contributed by atoms with van der Waals surface area (Å²) in [5.74, 6) is 1.21. The van der Waals surface area contributed by atoms with Crippen LogP contribution in [-0.4, -0.2) is 33.0 Å². The largest absolute Gasteiger partial charge is 0.467 e. The first kappa shape index (κ1) is 20.0. The van der Waals surface area contributed by atoms with Crippen LogP contribution in [0.2, 0.25) is 0 Å². The molecule has 4 heterocycles. The highest BCUT2D eigenvalue weighted by molar-refractivity contribution is 5.93. The van der Waals surface area contributed by atoms with Gasteiger partial charge in [-0.05, 0) is 63.1 Å². The Kier molecular flexibility index (Phi) is 5.51. The zero-order valence-corrected chi connectivity index (χ0v) is 17.7. The highest BCUT2D eigenvalue weighted by Crippen LogP contribution is 2.32. The third-order valence-corrected chi connectivity index (χ3v) is 6.13. The van der Waals surface area contributed by atoms with Crippen LogP contribution in [0.5, 0.6) is 0 Å². The number of nitrogens with one attached hydrogen (secondary N) is 1. The third kappa shape index (κ3) is 3.66. The molecule has 1 unspecified atom stereocenters. The van der Waals surface area contributed by atoms with Gasteiger partial charge in [0.2, 0.25) is 5.91 Å². The molecule has 7 nitrogen and oxygen atoms in total. The van der Waals surface area contributed by atoms with Crippen LogP contribution < -0.4 is 5.32 Å². The smallest absolute Gasteiger partial charge is 0.239 e. The van der Waals surface area contributed by atoms with Crippen LogP contribution in [0.15, 0.2) is 41.1 Å². The molecule has 1 saturated heterocycles. The van der Waals surface area contributed by atoms with Crippen molar-refractivity contribution in [3.8, 4) is 6.07 Å². The Labute approximate surface area is 176 Å². The average Bonchev–Trinajstić information content (AvgIpc) is 3.49. The second-order valence-corrected chi connectivity index (χ2v) is 7.93. The lowest BCUT2D eigenvalue weighted by atomic mass is 10.1. The molecule has 1 aliphatic heterocycles. The Bertz CT molecular complexity index is 1080. The standard InChI is InChI=1S/C23H27N5O2/c1-16-17(2)28(14-18-7-6-12-30-18)23(19(16)13-24)25-22(29)15-27-11-5-9-21(27)20-8-4-10-26(20)3/h4,6-8,10,12,21H,5,9,11,14-15H2,1-3H3,(H,25,29). The summed E-state index contributed by atoms with van der Waals surface area (Å²) in [4.78, 5) is 15.2. The van der Waals surface area contributed by atoms with E-state index in [1.807, 2.05) is 49.9 Å². The number of likely N-dealkylation sites (tertiary alicyclic amines) is 1. The molecule has 1 atom stereocenters. The number of carbonyl (C=O) groups excluding carboxylic acids is 1. The summed E-state index contributed by atoms with van der Waals surface area (Å²) in [6.07, 6.45) is 5.78. The Morgan fingerprint density at radius 2 is 2.17 bits per heavy atom. The monoisotopic (exact) mass is 405 g/mol. The minimum atomic E-state index is -0.106. The summed E-state index contributed by atoms with van der Waals surface area (Å²) in [6.45, 7) is 5.52. The lowest BCUT2D eigenvalue weighted by Gasteiger charge is -2.24. The van der Waals surface area contributed by atoms with Gasteiger partial charge in [-0.15, -0.1) is 0 Å². The van der Waals surface area contributed by atoms with E-state index in [1.54, 1.807) is 6.26 Å². The molecule has 3 aromatic heterocycles. The lowest BCUT2D eigenvalue weighted by molar-refractivity contribution is -0.117. The van der Waals surface area contributed by atoms with Crippen LogP contribution in [0, 0.1) is 25.2 Å². The molecule has 0 spiro atoms. The predicted octanol–water partition coefficient (Wildman–Crippen LogP) is 3.73. The Morgan fingerprint density at radius 1 is 1.33 bits per heavy atom. The fourth-order valence-corrected chi connectivity index (χ4v) is 4.41. The second-order valence-electron chi connectivity index (χ2n) is 7.93. The number of aromatic nitrogens is 2. The number of rotatable bonds is 6. The van der Waals surface area contributed by atoms with Gasteiger partial charge in [0.25, 0.3) is 0 Å². The fraction of sp³-hybridized carbons (Fsp3) is 0.391. The first-order chi connectivity index (χ1) is 14.5. The van der Waals surface area contributed by atoms with Crippen molar-refractivity contribution >= 4 is 11.7 Å². The number of anilines is 1. The number of carbonyl (C=O) groups is 1. The molecule has 0 aliphatic carbocycles. The van der Waals surface area contributed by atoms with Gasteiger partial charge in [-0.2, -0.15) is 5.26 Å². The molecule has 0 saturated carbocycles. The normalized spacial score (nSPS) is 16.7. The molecule has 156 valence electrons. The second kappa shape index (κ2) is 8.25. The first-order valence-corrected chi connectivity index (χ1v) is 10.3. The van der Waals surface area contributed by atoms with E-state index in [1.165, 1.54) is 5.69 Å². The van der Waals surface area contributed by atoms with Crippen LogP contribution in [0.4, 0.5) is 5.82 Å². The number of aryl methyl sites for hydroxylation is 1. The lowest BCUT2D eigenvalue weighted by Crippen LogP contribution is -2.34. The number of hydrogen-bond acceptors (Lipinski definition) is 4.